The summed E-state index contributed by atoms with van der Waals surface area (Å²) in [5.74, 6) is 0.130. The molecule has 0 spiro atoms. The van der Waals surface area contributed by atoms with Crippen molar-refractivity contribution in [3.8, 4) is 0 Å². The number of piperidine rings is 1. The molecule has 3 rings (SSSR count). The summed E-state index contributed by atoms with van der Waals surface area (Å²) in [6.07, 6.45) is 6.74. The zero-order valence-electron chi connectivity index (χ0n) is 19.0. The molecule has 1 aliphatic rings. The van der Waals surface area contributed by atoms with Gasteiger partial charge in [-0.2, -0.15) is 5.10 Å². The topological polar surface area (TPSA) is 63.7 Å². The number of likely N-dealkylation sites (tertiary alicyclic amines) is 1. The molecule has 2 atom stereocenters. The number of amides is 1. The molecule has 1 fully saturated rings. The molecule has 0 aliphatic carbocycles. The van der Waals surface area contributed by atoms with Gasteiger partial charge in [0.15, 0.2) is 5.65 Å². The SMILES string of the molecule is CC(C)c1c(C(=O)NCCC[NH+]2CCCC[C@@H]2C)cnc2cc(C(C)(C)C)nn12. The van der Waals surface area contributed by atoms with Crippen LogP contribution >= 0.6 is 0 Å². The summed E-state index contributed by atoms with van der Waals surface area (Å²) in [4.78, 5) is 19.1. The van der Waals surface area contributed by atoms with Gasteiger partial charge in [-0.1, -0.05) is 34.6 Å². The summed E-state index contributed by atoms with van der Waals surface area (Å²) >= 11 is 0. The summed E-state index contributed by atoms with van der Waals surface area (Å²) in [6.45, 7) is 16.1. The fourth-order valence-electron chi connectivity index (χ4n) is 4.29. The predicted molar refractivity (Wildman–Crippen MR) is 117 cm³/mol. The van der Waals surface area contributed by atoms with E-state index in [2.05, 4.69) is 51.8 Å². The van der Waals surface area contributed by atoms with E-state index in [0.717, 1.165) is 36.0 Å². The third-order valence-electron chi connectivity index (χ3n) is 6.12. The normalized spacial score (nSPS) is 20.4. The minimum Gasteiger partial charge on any atom is -0.352 e. The van der Waals surface area contributed by atoms with Gasteiger partial charge in [-0.05, 0) is 32.1 Å². The van der Waals surface area contributed by atoms with Crippen molar-refractivity contribution in [3.05, 3.63) is 29.2 Å². The lowest BCUT2D eigenvalue weighted by atomic mass is 9.93. The molecule has 0 aromatic carbocycles. The smallest absolute Gasteiger partial charge is 0.254 e. The number of quaternary nitrogens is 1. The van der Waals surface area contributed by atoms with Crippen molar-refractivity contribution in [2.75, 3.05) is 19.6 Å². The Morgan fingerprint density at radius 1 is 1.34 bits per heavy atom. The second kappa shape index (κ2) is 8.82. The number of carbonyl (C=O) groups is 1. The van der Waals surface area contributed by atoms with Crippen molar-refractivity contribution in [2.24, 2.45) is 0 Å². The van der Waals surface area contributed by atoms with Crippen LogP contribution in [0.15, 0.2) is 12.3 Å². The minimum absolute atomic E-state index is 0.0439. The molecule has 6 nitrogen and oxygen atoms in total. The highest BCUT2D eigenvalue weighted by Gasteiger charge is 2.24. The number of rotatable bonds is 6. The van der Waals surface area contributed by atoms with Gasteiger partial charge in [-0.25, -0.2) is 9.50 Å². The first-order chi connectivity index (χ1) is 13.7. The molecule has 1 saturated heterocycles. The molecule has 29 heavy (non-hydrogen) atoms. The first-order valence-corrected chi connectivity index (χ1v) is 11.2. The molecule has 2 aromatic heterocycles. The lowest BCUT2D eigenvalue weighted by Gasteiger charge is -2.30. The van der Waals surface area contributed by atoms with Gasteiger partial charge < -0.3 is 10.2 Å². The fraction of sp³-hybridized carbons (Fsp3) is 0.696. The van der Waals surface area contributed by atoms with Crippen LogP contribution in [0.25, 0.3) is 5.65 Å². The van der Waals surface area contributed by atoms with Gasteiger partial charge in [0, 0.05) is 30.6 Å². The summed E-state index contributed by atoms with van der Waals surface area (Å²) in [5.41, 5.74) is 3.30. The third kappa shape index (κ3) is 4.97. The Bertz CT molecular complexity index is 849. The van der Waals surface area contributed by atoms with Gasteiger partial charge in [-0.15, -0.1) is 0 Å². The minimum atomic E-state index is -0.0572. The van der Waals surface area contributed by atoms with Gasteiger partial charge >= 0.3 is 0 Å². The zero-order chi connectivity index (χ0) is 21.2. The van der Waals surface area contributed by atoms with E-state index in [0.29, 0.717) is 12.1 Å². The van der Waals surface area contributed by atoms with Crippen LogP contribution in [0.4, 0.5) is 0 Å². The predicted octanol–water partition coefficient (Wildman–Crippen LogP) is 2.73. The van der Waals surface area contributed by atoms with Gasteiger partial charge in [-0.3, -0.25) is 4.79 Å². The van der Waals surface area contributed by atoms with E-state index >= 15 is 0 Å². The molecule has 2 N–H and O–H groups in total. The standard InChI is InChI=1S/C23H37N5O/c1-16(2)21-18(15-25-20-14-19(23(4,5)6)26-28(20)21)22(29)24-11-9-13-27-12-8-7-10-17(27)3/h14-17H,7-13H2,1-6H3,(H,24,29)/p+1/t17-/m0/s1. The highest BCUT2D eigenvalue weighted by molar-refractivity contribution is 5.95. The van der Waals surface area contributed by atoms with Crippen molar-refractivity contribution in [1.29, 1.82) is 0 Å². The van der Waals surface area contributed by atoms with Gasteiger partial charge in [0.1, 0.15) is 0 Å². The van der Waals surface area contributed by atoms with Gasteiger partial charge in [0.25, 0.3) is 5.91 Å². The number of fused-ring (bicyclic) bond motifs is 1. The molecule has 2 aromatic rings. The third-order valence-corrected chi connectivity index (χ3v) is 6.12. The van der Waals surface area contributed by atoms with Crippen LogP contribution < -0.4 is 10.2 Å². The van der Waals surface area contributed by atoms with E-state index in [-0.39, 0.29) is 17.2 Å². The Hall–Kier alpha value is -1.95. The van der Waals surface area contributed by atoms with E-state index in [1.54, 1.807) is 11.1 Å². The zero-order valence-corrected chi connectivity index (χ0v) is 19.0. The van der Waals surface area contributed by atoms with E-state index in [1.807, 2.05) is 10.6 Å². The second-order valence-electron chi connectivity index (χ2n) is 9.93. The molecule has 0 saturated carbocycles. The van der Waals surface area contributed by atoms with E-state index < -0.39 is 0 Å². The van der Waals surface area contributed by atoms with Crippen LogP contribution in [0.3, 0.4) is 0 Å². The lowest BCUT2D eigenvalue weighted by molar-refractivity contribution is -0.928. The molecule has 1 unspecified atom stereocenters. The molecule has 160 valence electrons. The molecule has 0 radical (unpaired) electrons. The van der Waals surface area contributed by atoms with Crippen molar-refractivity contribution >= 4 is 11.6 Å². The number of hydrogen-bond acceptors (Lipinski definition) is 3. The first-order valence-electron chi connectivity index (χ1n) is 11.2. The average molecular weight is 401 g/mol. The van der Waals surface area contributed by atoms with Crippen molar-refractivity contribution in [1.82, 2.24) is 19.9 Å². The molecular weight excluding hydrogens is 362 g/mol. The molecule has 1 amide bonds. The number of nitrogens with zero attached hydrogens (tertiary/aromatic N) is 3. The number of hydrogen-bond donors (Lipinski definition) is 2. The number of nitrogens with one attached hydrogen (secondary N) is 2. The van der Waals surface area contributed by atoms with Crippen molar-refractivity contribution in [2.45, 2.75) is 84.6 Å². The average Bonchev–Trinajstić information content (AvgIpc) is 3.10. The van der Waals surface area contributed by atoms with Crippen LogP contribution in [0.1, 0.15) is 94.9 Å². The summed E-state index contributed by atoms with van der Waals surface area (Å²) in [7, 11) is 0. The van der Waals surface area contributed by atoms with E-state index in [9.17, 15) is 4.79 Å². The first kappa shape index (κ1) is 21.8. The summed E-state index contributed by atoms with van der Waals surface area (Å²) in [5, 5.41) is 7.90. The highest BCUT2D eigenvalue weighted by Crippen LogP contribution is 2.25. The maximum Gasteiger partial charge on any atom is 0.254 e. The van der Waals surface area contributed by atoms with Crippen LogP contribution in [0.5, 0.6) is 0 Å². The Kier molecular flexibility index (Phi) is 6.62. The second-order valence-corrected chi connectivity index (χ2v) is 9.93. The van der Waals surface area contributed by atoms with Crippen molar-refractivity contribution in [3.63, 3.8) is 0 Å². The van der Waals surface area contributed by atoms with Crippen molar-refractivity contribution < 1.29 is 9.69 Å². The Morgan fingerprint density at radius 3 is 2.76 bits per heavy atom. The quantitative estimate of drug-likeness (QED) is 0.733. The Balaban J connectivity index is 1.71. The maximum absolute atomic E-state index is 12.9. The molecule has 0 bridgehead atoms. The molecule has 6 heteroatoms. The highest BCUT2D eigenvalue weighted by atomic mass is 16.1. The lowest BCUT2D eigenvalue weighted by Crippen LogP contribution is -3.16. The van der Waals surface area contributed by atoms with Crippen LogP contribution in [-0.2, 0) is 5.41 Å². The maximum atomic E-state index is 12.9. The summed E-state index contributed by atoms with van der Waals surface area (Å²) < 4.78 is 1.86. The molecule has 3 heterocycles. The molecule has 1 aliphatic heterocycles. The van der Waals surface area contributed by atoms with Gasteiger partial charge in [0.05, 0.1) is 36.1 Å². The largest absolute Gasteiger partial charge is 0.352 e. The Morgan fingerprint density at radius 2 is 2.10 bits per heavy atom. The fourth-order valence-corrected chi connectivity index (χ4v) is 4.29. The molecular formula is C23H38N5O+. The number of aromatic nitrogens is 3. The Labute approximate surface area is 175 Å². The number of carbonyl (C=O) groups excluding carboxylic acids is 1. The van der Waals surface area contributed by atoms with E-state index in [4.69, 9.17) is 5.10 Å². The monoisotopic (exact) mass is 400 g/mol. The van der Waals surface area contributed by atoms with Crippen LogP contribution in [0, 0.1) is 0 Å². The summed E-state index contributed by atoms with van der Waals surface area (Å²) in [6, 6.07) is 2.77. The van der Waals surface area contributed by atoms with Gasteiger partial charge in [0.2, 0.25) is 0 Å². The van der Waals surface area contributed by atoms with Crippen LogP contribution in [0.2, 0.25) is 0 Å². The van der Waals surface area contributed by atoms with E-state index in [1.165, 1.54) is 25.8 Å². The van der Waals surface area contributed by atoms with Crippen LogP contribution in [-0.4, -0.2) is 46.2 Å².